The molecule has 2 heterocycles. The fourth-order valence-corrected chi connectivity index (χ4v) is 5.56. The number of fused-ring (bicyclic) bond motifs is 1. The Balaban J connectivity index is 1.42. The van der Waals surface area contributed by atoms with Crippen LogP contribution in [0.1, 0.15) is 49.7 Å². The van der Waals surface area contributed by atoms with Gasteiger partial charge < -0.3 is 20.1 Å². The first-order chi connectivity index (χ1) is 19.4. The van der Waals surface area contributed by atoms with E-state index >= 15 is 0 Å². The third-order valence-corrected chi connectivity index (χ3v) is 7.77. The maximum absolute atomic E-state index is 13.6. The molecule has 2 aromatic rings. The van der Waals surface area contributed by atoms with Crippen LogP contribution in [0.5, 0.6) is 0 Å². The second-order valence-electron chi connectivity index (χ2n) is 10.8. The number of benzene rings is 2. The molecule has 40 heavy (non-hydrogen) atoms. The van der Waals surface area contributed by atoms with Gasteiger partial charge in [-0.15, -0.1) is 0 Å². The highest BCUT2D eigenvalue weighted by atomic mass is 19.1. The molecule has 2 aliphatic rings. The Bertz CT molecular complexity index is 1150. The van der Waals surface area contributed by atoms with Crippen molar-refractivity contribution in [2.24, 2.45) is 11.8 Å². The summed E-state index contributed by atoms with van der Waals surface area (Å²) in [5.41, 5.74) is 1.88. The number of allylic oxidation sites excluding steroid dienone is 2. The lowest BCUT2D eigenvalue weighted by Gasteiger charge is -2.29. The van der Waals surface area contributed by atoms with Crippen LogP contribution in [0, 0.1) is 17.7 Å². The fourth-order valence-electron chi connectivity index (χ4n) is 5.56. The molecule has 2 aliphatic heterocycles. The van der Waals surface area contributed by atoms with E-state index in [0.29, 0.717) is 38.6 Å². The maximum Gasteiger partial charge on any atom is 0.309 e. The second kappa shape index (κ2) is 14.7. The van der Waals surface area contributed by atoms with E-state index in [4.69, 9.17) is 4.74 Å². The van der Waals surface area contributed by atoms with Crippen LogP contribution in [-0.2, 0) is 32.0 Å². The fraction of sp³-hybridized carbons (Fsp3) is 0.469. The van der Waals surface area contributed by atoms with Gasteiger partial charge in [-0.3, -0.25) is 14.4 Å². The van der Waals surface area contributed by atoms with Crippen molar-refractivity contribution in [3.63, 3.8) is 0 Å². The predicted molar refractivity (Wildman–Crippen MR) is 150 cm³/mol. The molecule has 214 valence electrons. The third kappa shape index (κ3) is 8.49. The Morgan fingerprint density at radius 1 is 1.02 bits per heavy atom. The van der Waals surface area contributed by atoms with Crippen LogP contribution in [0.4, 0.5) is 4.39 Å². The highest BCUT2D eigenvalue weighted by Crippen LogP contribution is 2.25. The van der Waals surface area contributed by atoms with Crippen LogP contribution in [0.25, 0.3) is 0 Å². The first-order valence-corrected chi connectivity index (χ1v) is 14.2. The lowest BCUT2D eigenvalue weighted by atomic mass is 9.94. The molecule has 0 bridgehead atoms. The average molecular weight is 551 g/mol. The van der Waals surface area contributed by atoms with Crippen LogP contribution < -0.4 is 5.32 Å². The van der Waals surface area contributed by atoms with E-state index in [1.165, 1.54) is 12.1 Å². The summed E-state index contributed by atoms with van der Waals surface area (Å²) in [5.74, 6) is -1.92. The molecule has 0 aromatic heterocycles. The van der Waals surface area contributed by atoms with Gasteiger partial charge in [-0.25, -0.2) is 4.39 Å². The van der Waals surface area contributed by atoms with Crippen molar-refractivity contribution in [3.8, 4) is 0 Å². The highest BCUT2D eigenvalue weighted by molar-refractivity contribution is 5.86. The largest absolute Gasteiger partial charge is 0.463 e. The average Bonchev–Trinajstić information content (AvgIpc) is 3.43. The number of carbonyl (C=O) groups is 3. The lowest BCUT2D eigenvalue weighted by Crippen LogP contribution is -2.45. The van der Waals surface area contributed by atoms with Gasteiger partial charge in [0.1, 0.15) is 12.4 Å². The van der Waals surface area contributed by atoms with Gasteiger partial charge in [0, 0.05) is 13.0 Å². The molecule has 1 saturated heterocycles. The Morgan fingerprint density at radius 2 is 1.80 bits per heavy atom. The standard InChI is InChI=1S/C32H39FN2O5/c33-27-15-13-24(14-16-27)18-26-11-6-2-5-10-25(31(38)35-17-7-12-29(35)22-40-32(26)39)20-30(37)34-28(21-36)19-23-8-3-1-4-9-23/h1-5,8-9,13-16,25-26,28-29,36H,6-7,10-12,17-22H2,(H,34,37)/b5-2+/t25-,26+,28+,29-/m1/s1. The number of nitrogens with one attached hydrogen (secondary N) is 1. The smallest absolute Gasteiger partial charge is 0.309 e. The van der Waals surface area contributed by atoms with Gasteiger partial charge in [-0.2, -0.15) is 0 Å². The Kier molecular flexibility index (Phi) is 10.9. The van der Waals surface area contributed by atoms with Crippen molar-refractivity contribution in [1.82, 2.24) is 10.2 Å². The van der Waals surface area contributed by atoms with Crippen molar-refractivity contribution in [1.29, 1.82) is 0 Å². The van der Waals surface area contributed by atoms with Gasteiger partial charge in [0.05, 0.1) is 30.5 Å². The number of esters is 1. The molecule has 7 nitrogen and oxygen atoms in total. The predicted octanol–water partition coefficient (Wildman–Crippen LogP) is 3.98. The van der Waals surface area contributed by atoms with E-state index in [1.54, 1.807) is 17.0 Å². The van der Waals surface area contributed by atoms with Crippen molar-refractivity contribution in [3.05, 3.63) is 83.7 Å². The summed E-state index contributed by atoms with van der Waals surface area (Å²) >= 11 is 0. The number of hydrogen-bond donors (Lipinski definition) is 2. The summed E-state index contributed by atoms with van der Waals surface area (Å²) in [4.78, 5) is 41.4. The molecule has 0 spiro atoms. The number of cyclic esters (lactones) is 1. The molecular weight excluding hydrogens is 511 g/mol. The second-order valence-corrected chi connectivity index (χ2v) is 10.8. The number of hydrogen-bond acceptors (Lipinski definition) is 5. The van der Waals surface area contributed by atoms with Crippen molar-refractivity contribution in [2.75, 3.05) is 19.8 Å². The van der Waals surface area contributed by atoms with Crippen LogP contribution >= 0.6 is 0 Å². The van der Waals surface area contributed by atoms with Crippen LogP contribution in [0.3, 0.4) is 0 Å². The molecule has 2 aromatic carbocycles. The number of aliphatic hydroxyl groups excluding tert-OH is 1. The summed E-state index contributed by atoms with van der Waals surface area (Å²) in [6, 6.07) is 15.1. The SMILES string of the molecule is O=C(C[C@H]1C/C=C/CC[C@@H](Cc2ccc(F)cc2)C(=O)OC[C@H]2CCCN2C1=O)N[C@H](CO)Cc1ccccc1. The van der Waals surface area contributed by atoms with Gasteiger partial charge in [0.25, 0.3) is 0 Å². The number of carbonyl (C=O) groups excluding carboxylic acids is 3. The Labute approximate surface area is 235 Å². The molecule has 4 rings (SSSR count). The molecule has 0 unspecified atom stereocenters. The Morgan fingerprint density at radius 3 is 2.55 bits per heavy atom. The number of nitrogens with zero attached hydrogens (tertiary/aromatic N) is 1. The van der Waals surface area contributed by atoms with E-state index in [1.807, 2.05) is 42.5 Å². The maximum atomic E-state index is 13.6. The molecule has 2 amide bonds. The van der Waals surface area contributed by atoms with Crippen molar-refractivity contribution in [2.45, 2.75) is 63.5 Å². The minimum Gasteiger partial charge on any atom is -0.463 e. The minimum absolute atomic E-state index is 0.0185. The zero-order valence-corrected chi connectivity index (χ0v) is 22.8. The molecule has 4 atom stereocenters. The van der Waals surface area contributed by atoms with E-state index in [2.05, 4.69) is 5.32 Å². The zero-order chi connectivity index (χ0) is 28.3. The molecule has 8 heteroatoms. The van der Waals surface area contributed by atoms with Gasteiger partial charge in [-0.05, 0) is 68.2 Å². The highest BCUT2D eigenvalue weighted by Gasteiger charge is 2.35. The van der Waals surface area contributed by atoms with E-state index in [9.17, 15) is 23.9 Å². The van der Waals surface area contributed by atoms with E-state index in [0.717, 1.165) is 24.0 Å². The summed E-state index contributed by atoms with van der Waals surface area (Å²) in [5, 5.41) is 12.7. The Hall–Kier alpha value is -3.52. The first-order valence-electron chi connectivity index (χ1n) is 14.2. The number of ether oxygens (including phenoxy) is 1. The summed E-state index contributed by atoms with van der Waals surface area (Å²) in [6.45, 7) is 0.494. The number of aliphatic hydroxyl groups is 1. The van der Waals surface area contributed by atoms with Gasteiger partial charge in [0.2, 0.25) is 11.8 Å². The number of halogens is 1. The molecular formula is C32H39FN2O5. The summed E-state index contributed by atoms with van der Waals surface area (Å²) < 4.78 is 19.1. The van der Waals surface area contributed by atoms with E-state index < -0.39 is 12.0 Å². The monoisotopic (exact) mass is 550 g/mol. The molecule has 2 N–H and O–H groups in total. The quantitative estimate of drug-likeness (QED) is 0.383. The molecule has 1 fully saturated rings. The first kappa shape index (κ1) is 29.5. The minimum atomic E-state index is -0.542. The zero-order valence-electron chi connectivity index (χ0n) is 22.8. The molecule has 0 radical (unpaired) electrons. The topological polar surface area (TPSA) is 95.9 Å². The van der Waals surface area contributed by atoms with Crippen molar-refractivity contribution < 1.29 is 28.6 Å². The lowest BCUT2D eigenvalue weighted by molar-refractivity contribution is -0.152. The van der Waals surface area contributed by atoms with Gasteiger partial charge in [-0.1, -0.05) is 54.6 Å². The molecule has 0 aliphatic carbocycles. The summed E-state index contributed by atoms with van der Waals surface area (Å²) in [6.07, 6.45) is 7.99. The van der Waals surface area contributed by atoms with Gasteiger partial charge >= 0.3 is 5.97 Å². The summed E-state index contributed by atoms with van der Waals surface area (Å²) in [7, 11) is 0. The van der Waals surface area contributed by atoms with Crippen molar-refractivity contribution >= 4 is 17.8 Å². The van der Waals surface area contributed by atoms with E-state index in [-0.39, 0.29) is 55.2 Å². The number of rotatable bonds is 8. The van der Waals surface area contributed by atoms with Crippen LogP contribution in [0.15, 0.2) is 66.7 Å². The normalized spacial score (nSPS) is 23.6. The van der Waals surface area contributed by atoms with Crippen LogP contribution in [-0.4, -0.2) is 59.6 Å². The van der Waals surface area contributed by atoms with Gasteiger partial charge in [0.15, 0.2) is 0 Å². The van der Waals surface area contributed by atoms with Crippen LogP contribution in [0.2, 0.25) is 0 Å². The molecule has 0 saturated carbocycles. The number of amides is 2. The third-order valence-electron chi connectivity index (χ3n) is 7.77.